The third-order valence-electron chi connectivity index (χ3n) is 11.0. The highest BCUT2D eigenvalue weighted by Gasteiger charge is 2.44. The van der Waals surface area contributed by atoms with Gasteiger partial charge in [0.05, 0.1) is 25.4 Å². The molecule has 1 amide bonds. The van der Waals surface area contributed by atoms with E-state index in [2.05, 4.69) is 43.5 Å². The zero-order chi connectivity index (χ0) is 41.8. The molecule has 8 atom stereocenters. The van der Waals surface area contributed by atoms with Gasteiger partial charge in [0, 0.05) is 0 Å². The molecule has 7 N–H and O–H groups in total. The summed E-state index contributed by atoms with van der Waals surface area (Å²) in [4.78, 5) is 13.0. The maximum absolute atomic E-state index is 13.0. The van der Waals surface area contributed by atoms with E-state index in [9.17, 15) is 35.4 Å². The minimum absolute atomic E-state index is 0.296. The number of carbonyl (C=O) groups excluding carboxylic acids is 1. The van der Waals surface area contributed by atoms with Crippen LogP contribution in [0.5, 0.6) is 0 Å². The highest BCUT2D eigenvalue weighted by molar-refractivity contribution is 5.80. The van der Waals surface area contributed by atoms with Crippen LogP contribution in [-0.2, 0) is 14.3 Å². The molecule has 1 rings (SSSR count). The van der Waals surface area contributed by atoms with E-state index in [1.807, 2.05) is 6.08 Å². The lowest BCUT2D eigenvalue weighted by Gasteiger charge is -2.40. The Morgan fingerprint density at radius 3 is 1.53 bits per heavy atom. The van der Waals surface area contributed by atoms with Crippen LogP contribution in [0.15, 0.2) is 36.5 Å². The van der Waals surface area contributed by atoms with Gasteiger partial charge in [0.1, 0.15) is 30.5 Å². The predicted octanol–water partition coefficient (Wildman–Crippen LogP) is 8.64. The van der Waals surface area contributed by atoms with Crippen molar-refractivity contribution in [2.75, 3.05) is 13.2 Å². The second-order valence-corrected chi connectivity index (χ2v) is 16.3. The highest BCUT2D eigenvalue weighted by atomic mass is 16.7. The lowest BCUT2D eigenvalue weighted by Crippen LogP contribution is -2.60. The summed E-state index contributed by atoms with van der Waals surface area (Å²) in [5.74, 6) is -0.633. The Morgan fingerprint density at radius 1 is 0.596 bits per heavy atom. The smallest absolute Gasteiger partial charge is 0.249 e. The van der Waals surface area contributed by atoms with E-state index in [0.29, 0.717) is 19.3 Å². The number of hydrogen-bond donors (Lipinski definition) is 7. The summed E-state index contributed by atoms with van der Waals surface area (Å²) in [5, 5.41) is 64.5. The van der Waals surface area contributed by atoms with E-state index in [1.54, 1.807) is 6.08 Å². The second kappa shape index (κ2) is 37.4. The molecule has 1 fully saturated rings. The number of carbonyl (C=O) groups is 1. The van der Waals surface area contributed by atoms with Gasteiger partial charge in [0.2, 0.25) is 5.91 Å². The monoisotopic (exact) mass is 810 g/mol. The molecule has 1 aliphatic heterocycles. The zero-order valence-electron chi connectivity index (χ0n) is 36.2. The molecule has 0 bridgehead atoms. The van der Waals surface area contributed by atoms with Gasteiger partial charge in [0.25, 0.3) is 0 Å². The van der Waals surface area contributed by atoms with Gasteiger partial charge in [-0.3, -0.25) is 4.79 Å². The van der Waals surface area contributed by atoms with Crippen molar-refractivity contribution in [3.63, 3.8) is 0 Å². The molecule has 0 aromatic rings. The number of nitrogens with one attached hydrogen (secondary N) is 1. The summed E-state index contributed by atoms with van der Waals surface area (Å²) in [7, 11) is 0. The molecule has 10 heteroatoms. The predicted molar refractivity (Wildman–Crippen MR) is 232 cm³/mol. The van der Waals surface area contributed by atoms with E-state index in [-0.39, 0.29) is 6.61 Å². The van der Waals surface area contributed by atoms with E-state index in [1.165, 1.54) is 122 Å². The minimum atomic E-state index is -1.62. The van der Waals surface area contributed by atoms with Crippen LogP contribution in [0, 0.1) is 0 Å². The van der Waals surface area contributed by atoms with Crippen LogP contribution in [0.25, 0.3) is 0 Å². The third-order valence-corrected chi connectivity index (χ3v) is 11.0. The summed E-state index contributed by atoms with van der Waals surface area (Å²) >= 11 is 0. The molecule has 10 nitrogen and oxygen atoms in total. The van der Waals surface area contributed by atoms with Crippen LogP contribution < -0.4 is 5.32 Å². The number of amides is 1. The summed E-state index contributed by atoms with van der Waals surface area (Å²) in [5.41, 5.74) is 0. The van der Waals surface area contributed by atoms with Crippen molar-refractivity contribution >= 4 is 5.91 Å². The first kappa shape index (κ1) is 53.4. The lowest BCUT2D eigenvalue weighted by molar-refractivity contribution is -0.302. The number of hydrogen-bond acceptors (Lipinski definition) is 9. The maximum Gasteiger partial charge on any atom is 0.249 e. The quantitative estimate of drug-likeness (QED) is 0.0239. The average molecular weight is 810 g/mol. The van der Waals surface area contributed by atoms with Crippen molar-refractivity contribution in [3.05, 3.63) is 36.5 Å². The van der Waals surface area contributed by atoms with Crippen molar-refractivity contribution in [2.24, 2.45) is 0 Å². The normalized spacial score (nSPS) is 21.9. The molecule has 1 heterocycles. The van der Waals surface area contributed by atoms with Gasteiger partial charge in [-0.25, -0.2) is 0 Å². The largest absolute Gasteiger partial charge is 0.394 e. The molecule has 8 unspecified atom stereocenters. The molecular formula is C47H87NO9. The number of allylic oxidation sites excluding steroid dienone is 5. The fourth-order valence-corrected chi connectivity index (χ4v) is 7.17. The van der Waals surface area contributed by atoms with Gasteiger partial charge in [-0.15, -0.1) is 0 Å². The van der Waals surface area contributed by atoms with E-state index in [4.69, 9.17) is 9.47 Å². The molecule has 0 radical (unpaired) electrons. The van der Waals surface area contributed by atoms with Crippen LogP contribution in [0.1, 0.15) is 194 Å². The Labute approximate surface area is 347 Å². The van der Waals surface area contributed by atoms with Crippen molar-refractivity contribution in [1.82, 2.24) is 5.32 Å². The summed E-state index contributed by atoms with van der Waals surface area (Å²) < 4.78 is 11.1. The molecule has 0 saturated carbocycles. The fraction of sp³-hybridized carbons (Fsp3) is 0.851. The molecule has 1 aliphatic rings. The van der Waals surface area contributed by atoms with Crippen LogP contribution in [-0.4, -0.2) is 98.7 Å². The molecule has 334 valence electrons. The molecule has 57 heavy (non-hydrogen) atoms. The Balaban J connectivity index is 2.36. The SMILES string of the molecule is CCCCCCC/C=C/CC/C=C/C(O)C(COC1OC(CO)C(O)C(O)C1O)NC(=O)C(O)CCCCCCCC/C=C\CCCCCCCCCCCCC. The van der Waals surface area contributed by atoms with Crippen LogP contribution in [0.2, 0.25) is 0 Å². The minimum Gasteiger partial charge on any atom is -0.394 e. The number of rotatable bonds is 38. The van der Waals surface area contributed by atoms with Gasteiger partial charge in [-0.2, -0.15) is 0 Å². The molecule has 1 saturated heterocycles. The maximum atomic E-state index is 13.0. The standard InChI is InChI=1S/C47H87NO9/c1-3-5-7-9-11-13-15-16-17-18-19-20-21-22-23-24-26-28-30-32-34-36-41(51)46(55)48-39(38-56-47-45(54)44(53)43(52)42(37-49)57-47)40(50)35-33-31-29-27-25-14-12-10-8-6-4-2/h21-22,25,27,33,35,39-45,47,49-54H,3-20,23-24,26,28-32,34,36-38H2,1-2H3,(H,48,55)/b22-21-,27-25+,35-33+. The Hall–Kier alpha value is -1.63. The van der Waals surface area contributed by atoms with Gasteiger partial charge in [-0.05, 0) is 57.8 Å². The first-order valence-corrected chi connectivity index (χ1v) is 23.3. The van der Waals surface area contributed by atoms with Gasteiger partial charge in [-0.1, -0.05) is 172 Å². The molecule has 0 spiro atoms. The Morgan fingerprint density at radius 2 is 1.04 bits per heavy atom. The molecule has 0 aliphatic carbocycles. The van der Waals surface area contributed by atoms with Crippen molar-refractivity contribution in [1.29, 1.82) is 0 Å². The van der Waals surface area contributed by atoms with Crippen LogP contribution >= 0.6 is 0 Å². The van der Waals surface area contributed by atoms with E-state index in [0.717, 1.165) is 38.5 Å². The Bertz CT molecular complexity index is 1010. The van der Waals surface area contributed by atoms with Gasteiger partial charge >= 0.3 is 0 Å². The summed E-state index contributed by atoms with van der Waals surface area (Å²) in [6.07, 6.45) is 35.3. The van der Waals surface area contributed by atoms with Crippen LogP contribution in [0.3, 0.4) is 0 Å². The number of ether oxygens (including phenoxy) is 2. The average Bonchev–Trinajstić information content (AvgIpc) is 3.21. The lowest BCUT2D eigenvalue weighted by atomic mass is 9.99. The number of aliphatic hydroxyl groups is 6. The van der Waals surface area contributed by atoms with Crippen LogP contribution in [0.4, 0.5) is 0 Å². The Kier molecular flexibility index (Phi) is 35.0. The highest BCUT2D eigenvalue weighted by Crippen LogP contribution is 2.22. The summed E-state index contributed by atoms with van der Waals surface area (Å²) in [6.45, 7) is 3.55. The van der Waals surface area contributed by atoms with Gasteiger partial charge < -0.3 is 45.4 Å². The third kappa shape index (κ3) is 27.7. The van der Waals surface area contributed by atoms with E-state index < -0.39 is 61.5 Å². The van der Waals surface area contributed by atoms with Crippen molar-refractivity contribution < 1.29 is 44.9 Å². The second-order valence-electron chi connectivity index (χ2n) is 16.3. The summed E-state index contributed by atoms with van der Waals surface area (Å²) in [6, 6.07) is -0.997. The molecule has 0 aromatic carbocycles. The number of unbranched alkanes of at least 4 members (excludes halogenated alkanes) is 23. The topological polar surface area (TPSA) is 169 Å². The van der Waals surface area contributed by atoms with Crippen molar-refractivity contribution in [3.8, 4) is 0 Å². The van der Waals surface area contributed by atoms with E-state index >= 15 is 0 Å². The zero-order valence-corrected chi connectivity index (χ0v) is 36.2. The fourth-order valence-electron chi connectivity index (χ4n) is 7.17. The first-order valence-electron chi connectivity index (χ1n) is 23.3. The van der Waals surface area contributed by atoms with Gasteiger partial charge in [0.15, 0.2) is 6.29 Å². The molecular weight excluding hydrogens is 723 g/mol. The first-order chi connectivity index (χ1) is 27.8. The molecule has 0 aromatic heterocycles. The van der Waals surface area contributed by atoms with Crippen molar-refractivity contribution in [2.45, 2.75) is 243 Å². The number of aliphatic hydroxyl groups excluding tert-OH is 6.